The molecule has 1 N–H and O–H groups in total. The number of piperazine rings is 1. The van der Waals surface area contributed by atoms with Gasteiger partial charge in [-0.25, -0.2) is 4.98 Å². The Hall–Kier alpha value is -1.01. The van der Waals surface area contributed by atoms with Crippen molar-refractivity contribution in [3.8, 4) is 0 Å². The molecule has 0 spiro atoms. The average Bonchev–Trinajstić information content (AvgIpc) is 3.29. The molecule has 1 aliphatic carbocycles. The van der Waals surface area contributed by atoms with Gasteiger partial charge in [-0.2, -0.15) is 0 Å². The summed E-state index contributed by atoms with van der Waals surface area (Å²) in [6, 6.07) is 4.68. The van der Waals surface area contributed by atoms with Crippen LogP contribution in [0.1, 0.15) is 41.1 Å². The highest BCUT2D eigenvalue weighted by Crippen LogP contribution is 2.41. The maximum absolute atomic E-state index is 4.84. The van der Waals surface area contributed by atoms with Crippen LogP contribution in [0, 0.1) is 0 Å². The van der Waals surface area contributed by atoms with Gasteiger partial charge in [0.2, 0.25) is 0 Å². The van der Waals surface area contributed by atoms with Gasteiger partial charge in [-0.3, -0.25) is 9.88 Å². The van der Waals surface area contributed by atoms with Crippen LogP contribution in [0.3, 0.4) is 0 Å². The molecular weight excluding hydrogens is 316 g/mol. The molecule has 1 saturated carbocycles. The van der Waals surface area contributed by atoms with Crippen LogP contribution < -0.4 is 5.32 Å². The topological polar surface area (TPSA) is 41.0 Å². The summed E-state index contributed by atoms with van der Waals surface area (Å²) in [5.41, 5.74) is 2.58. The van der Waals surface area contributed by atoms with Crippen molar-refractivity contribution in [3.63, 3.8) is 0 Å². The lowest BCUT2D eigenvalue weighted by molar-refractivity contribution is 0.152. The lowest BCUT2D eigenvalue weighted by Gasteiger charge is -2.36. The van der Waals surface area contributed by atoms with Crippen molar-refractivity contribution in [2.24, 2.45) is 0 Å². The van der Waals surface area contributed by atoms with Gasteiger partial charge in [0.05, 0.1) is 10.7 Å². The standard InChI is InChI=1S/C16H20N4S.ClH/c1-2-13(1)16-19-14(11-21-16)10-20-8-7-18-9-15(20)12-3-5-17-6-4-12;/h3-6,11,13,15,18H,1-2,7-10H2;1H. The molecule has 3 heterocycles. The van der Waals surface area contributed by atoms with Crippen LogP contribution >= 0.6 is 23.7 Å². The quantitative estimate of drug-likeness (QED) is 0.932. The molecule has 2 fully saturated rings. The number of hydrogen-bond donors (Lipinski definition) is 1. The Bertz CT molecular complexity index is 599. The van der Waals surface area contributed by atoms with E-state index in [4.69, 9.17) is 4.98 Å². The van der Waals surface area contributed by atoms with Gasteiger partial charge in [0, 0.05) is 55.9 Å². The van der Waals surface area contributed by atoms with Crippen LogP contribution in [0.5, 0.6) is 0 Å². The number of aromatic nitrogens is 2. The lowest BCUT2D eigenvalue weighted by Crippen LogP contribution is -2.45. The summed E-state index contributed by atoms with van der Waals surface area (Å²) in [4.78, 5) is 11.5. The molecule has 1 saturated heterocycles. The number of rotatable bonds is 4. The normalized spacial score (nSPS) is 22.3. The zero-order valence-electron chi connectivity index (χ0n) is 12.4. The minimum absolute atomic E-state index is 0. The fourth-order valence-corrected chi connectivity index (χ4v) is 3.95. The van der Waals surface area contributed by atoms with Crippen molar-refractivity contribution in [3.05, 3.63) is 46.2 Å². The molecule has 4 nitrogen and oxygen atoms in total. The molecular formula is C16H21ClN4S. The molecule has 118 valence electrons. The Morgan fingerprint density at radius 3 is 2.86 bits per heavy atom. The predicted molar refractivity (Wildman–Crippen MR) is 91.6 cm³/mol. The Balaban J connectivity index is 0.00000144. The van der Waals surface area contributed by atoms with Crippen LogP contribution in [-0.4, -0.2) is 34.5 Å². The number of pyridine rings is 1. The summed E-state index contributed by atoms with van der Waals surface area (Å²) in [5, 5.41) is 7.10. The minimum atomic E-state index is 0. The number of thiazole rings is 1. The molecule has 0 radical (unpaired) electrons. The first-order valence-corrected chi connectivity index (χ1v) is 8.57. The molecule has 6 heteroatoms. The van der Waals surface area contributed by atoms with E-state index in [1.54, 1.807) is 0 Å². The maximum Gasteiger partial charge on any atom is 0.0959 e. The molecule has 1 atom stereocenters. The van der Waals surface area contributed by atoms with E-state index in [1.807, 2.05) is 23.7 Å². The SMILES string of the molecule is Cl.c1cc(C2CNCCN2Cc2csc(C3CC3)n2)ccn1. The van der Waals surface area contributed by atoms with E-state index in [1.165, 1.54) is 29.1 Å². The molecule has 1 unspecified atom stereocenters. The second-order valence-electron chi connectivity index (χ2n) is 5.92. The number of nitrogens with one attached hydrogen (secondary N) is 1. The molecule has 4 rings (SSSR count). The third kappa shape index (κ3) is 3.49. The first kappa shape index (κ1) is 15.9. The van der Waals surface area contributed by atoms with Gasteiger partial charge in [-0.05, 0) is 30.5 Å². The number of hydrogen-bond acceptors (Lipinski definition) is 5. The fraction of sp³-hybridized carbons (Fsp3) is 0.500. The molecule has 0 bridgehead atoms. The fourth-order valence-electron chi connectivity index (χ4n) is 2.97. The highest BCUT2D eigenvalue weighted by atomic mass is 35.5. The van der Waals surface area contributed by atoms with Crippen molar-refractivity contribution in [1.82, 2.24) is 20.2 Å². The van der Waals surface area contributed by atoms with Gasteiger partial charge < -0.3 is 5.32 Å². The highest BCUT2D eigenvalue weighted by Gasteiger charge is 2.28. The van der Waals surface area contributed by atoms with E-state index in [-0.39, 0.29) is 12.4 Å². The first-order valence-electron chi connectivity index (χ1n) is 7.69. The molecule has 2 aromatic rings. The van der Waals surface area contributed by atoms with Crippen molar-refractivity contribution < 1.29 is 0 Å². The predicted octanol–water partition coefficient (Wildman–Crippen LogP) is 2.98. The van der Waals surface area contributed by atoms with Gasteiger partial charge in [0.15, 0.2) is 0 Å². The van der Waals surface area contributed by atoms with Crippen molar-refractivity contribution in [1.29, 1.82) is 0 Å². The van der Waals surface area contributed by atoms with E-state index in [2.05, 4.69) is 32.7 Å². The number of nitrogens with zero attached hydrogens (tertiary/aromatic N) is 3. The lowest BCUT2D eigenvalue weighted by atomic mass is 10.0. The Labute approximate surface area is 141 Å². The van der Waals surface area contributed by atoms with Gasteiger partial charge in [-0.15, -0.1) is 23.7 Å². The summed E-state index contributed by atoms with van der Waals surface area (Å²) >= 11 is 1.84. The van der Waals surface area contributed by atoms with Crippen LogP contribution in [0.2, 0.25) is 0 Å². The first-order chi connectivity index (χ1) is 10.4. The zero-order valence-corrected chi connectivity index (χ0v) is 14.1. The van der Waals surface area contributed by atoms with Gasteiger partial charge >= 0.3 is 0 Å². The second kappa shape index (κ2) is 7.04. The van der Waals surface area contributed by atoms with Gasteiger partial charge in [0.1, 0.15) is 0 Å². The summed E-state index contributed by atoms with van der Waals surface area (Å²) in [5.74, 6) is 0.766. The molecule has 2 aliphatic rings. The highest BCUT2D eigenvalue weighted by molar-refractivity contribution is 7.09. The minimum Gasteiger partial charge on any atom is -0.314 e. The second-order valence-corrected chi connectivity index (χ2v) is 6.81. The summed E-state index contributed by atoms with van der Waals surface area (Å²) < 4.78 is 0. The average molecular weight is 337 g/mol. The smallest absolute Gasteiger partial charge is 0.0959 e. The van der Waals surface area contributed by atoms with E-state index < -0.39 is 0 Å². The summed E-state index contributed by atoms with van der Waals surface area (Å²) in [6.45, 7) is 4.09. The Morgan fingerprint density at radius 2 is 2.09 bits per heavy atom. The maximum atomic E-state index is 4.84. The zero-order chi connectivity index (χ0) is 14.1. The van der Waals surface area contributed by atoms with E-state index in [0.717, 1.165) is 32.1 Å². The molecule has 22 heavy (non-hydrogen) atoms. The molecule has 2 aromatic heterocycles. The van der Waals surface area contributed by atoms with Gasteiger partial charge in [-0.1, -0.05) is 0 Å². The van der Waals surface area contributed by atoms with Crippen LogP contribution in [0.4, 0.5) is 0 Å². The van der Waals surface area contributed by atoms with E-state index >= 15 is 0 Å². The molecule has 1 aliphatic heterocycles. The third-order valence-corrected chi connectivity index (χ3v) is 5.36. The molecule has 0 aromatic carbocycles. The molecule has 0 amide bonds. The van der Waals surface area contributed by atoms with E-state index in [9.17, 15) is 0 Å². The van der Waals surface area contributed by atoms with Gasteiger partial charge in [0.25, 0.3) is 0 Å². The summed E-state index contributed by atoms with van der Waals surface area (Å²) in [6.07, 6.45) is 6.44. The summed E-state index contributed by atoms with van der Waals surface area (Å²) in [7, 11) is 0. The third-order valence-electron chi connectivity index (χ3n) is 4.31. The van der Waals surface area contributed by atoms with Crippen molar-refractivity contribution in [2.75, 3.05) is 19.6 Å². The Morgan fingerprint density at radius 1 is 1.27 bits per heavy atom. The van der Waals surface area contributed by atoms with Crippen molar-refractivity contribution in [2.45, 2.75) is 31.3 Å². The largest absolute Gasteiger partial charge is 0.314 e. The van der Waals surface area contributed by atoms with Crippen molar-refractivity contribution >= 4 is 23.7 Å². The van der Waals surface area contributed by atoms with Crippen LogP contribution in [-0.2, 0) is 6.54 Å². The monoisotopic (exact) mass is 336 g/mol. The van der Waals surface area contributed by atoms with Crippen LogP contribution in [0.15, 0.2) is 29.9 Å². The number of halogens is 1. The van der Waals surface area contributed by atoms with E-state index in [0.29, 0.717) is 6.04 Å². The van der Waals surface area contributed by atoms with Crippen LogP contribution in [0.25, 0.3) is 0 Å². The Kier molecular flexibility index (Phi) is 5.08.